The molecule has 4 atom stereocenters. The number of halogens is 1. The molecule has 2 saturated carbocycles. The second kappa shape index (κ2) is 8.95. The van der Waals surface area contributed by atoms with Gasteiger partial charge in [-0.1, -0.05) is 46.3 Å². The van der Waals surface area contributed by atoms with Gasteiger partial charge in [-0.2, -0.15) is 0 Å². The number of ether oxygens (including phenoxy) is 1. The van der Waals surface area contributed by atoms with E-state index in [4.69, 9.17) is 4.74 Å². The molecule has 0 unspecified atom stereocenters. The van der Waals surface area contributed by atoms with Crippen molar-refractivity contribution in [1.29, 1.82) is 0 Å². The summed E-state index contributed by atoms with van der Waals surface area (Å²) in [6, 6.07) is 12.8. The smallest absolute Gasteiger partial charge is 0.310 e. The van der Waals surface area contributed by atoms with E-state index in [2.05, 4.69) is 21.2 Å². The molecule has 2 aliphatic rings. The van der Waals surface area contributed by atoms with Crippen molar-refractivity contribution in [2.45, 2.75) is 33.1 Å². The van der Waals surface area contributed by atoms with E-state index < -0.39 is 11.9 Å². The van der Waals surface area contributed by atoms with Crippen LogP contribution in [0.5, 0.6) is 0 Å². The standard InChI is InChI=1S/C25H26BrNO4/c1-14-15(2)20(11-10-19(14)26)27-21(28)13-31-25(30)23-18-9-8-17(12-18)22(23)24(29)16-6-4-3-5-7-16/h3-7,10-11,17-18,22-23H,8-9,12-13H2,1-2H3,(H,27,28)/t17-,18-,22-,23+/m0/s1. The van der Waals surface area contributed by atoms with Gasteiger partial charge in [-0.25, -0.2) is 0 Å². The lowest BCUT2D eigenvalue weighted by molar-refractivity contribution is -0.154. The summed E-state index contributed by atoms with van der Waals surface area (Å²) in [5.74, 6) is -1.23. The molecule has 1 N–H and O–H groups in total. The zero-order valence-electron chi connectivity index (χ0n) is 17.7. The molecule has 4 rings (SSSR count). The van der Waals surface area contributed by atoms with E-state index in [0.29, 0.717) is 11.3 Å². The van der Waals surface area contributed by atoms with Gasteiger partial charge in [0, 0.05) is 21.6 Å². The normalized spacial score (nSPS) is 24.1. The van der Waals surface area contributed by atoms with Gasteiger partial charge in [0.2, 0.25) is 0 Å². The van der Waals surface area contributed by atoms with Gasteiger partial charge < -0.3 is 10.1 Å². The van der Waals surface area contributed by atoms with E-state index in [9.17, 15) is 14.4 Å². The lowest BCUT2D eigenvalue weighted by Gasteiger charge is -2.28. The predicted molar refractivity (Wildman–Crippen MR) is 122 cm³/mol. The van der Waals surface area contributed by atoms with E-state index in [1.165, 1.54) is 0 Å². The summed E-state index contributed by atoms with van der Waals surface area (Å²) in [5.41, 5.74) is 3.32. The molecule has 0 radical (unpaired) electrons. The van der Waals surface area contributed by atoms with Crippen LogP contribution in [0.25, 0.3) is 0 Å². The summed E-state index contributed by atoms with van der Waals surface area (Å²) in [6.45, 7) is 3.54. The third-order valence-corrected chi connectivity index (χ3v) is 7.75. The summed E-state index contributed by atoms with van der Waals surface area (Å²) in [7, 11) is 0. The van der Waals surface area contributed by atoms with Crippen LogP contribution in [0.3, 0.4) is 0 Å². The molecule has 0 aromatic heterocycles. The van der Waals surface area contributed by atoms with Gasteiger partial charge in [0.1, 0.15) is 0 Å². The maximum Gasteiger partial charge on any atom is 0.310 e. The highest BCUT2D eigenvalue weighted by molar-refractivity contribution is 9.10. The summed E-state index contributed by atoms with van der Waals surface area (Å²) in [4.78, 5) is 38.5. The van der Waals surface area contributed by atoms with E-state index in [-0.39, 0.29) is 36.1 Å². The van der Waals surface area contributed by atoms with Crippen LogP contribution in [-0.2, 0) is 14.3 Å². The van der Waals surface area contributed by atoms with E-state index in [1.54, 1.807) is 12.1 Å². The summed E-state index contributed by atoms with van der Waals surface area (Å²) in [5, 5.41) is 2.81. The molecule has 1 amide bonds. The fourth-order valence-corrected chi connectivity index (χ4v) is 5.57. The van der Waals surface area contributed by atoms with Crippen LogP contribution in [0.1, 0.15) is 40.7 Å². The Hall–Kier alpha value is -2.47. The second-order valence-electron chi connectivity index (χ2n) is 8.62. The molecule has 162 valence electrons. The average molecular weight is 484 g/mol. The van der Waals surface area contributed by atoms with Crippen molar-refractivity contribution in [1.82, 2.24) is 0 Å². The quantitative estimate of drug-likeness (QED) is 0.458. The highest BCUT2D eigenvalue weighted by Crippen LogP contribution is 2.53. The van der Waals surface area contributed by atoms with E-state index in [1.807, 2.05) is 44.2 Å². The lowest BCUT2D eigenvalue weighted by Crippen LogP contribution is -2.37. The number of Topliss-reactive ketones (excluding diaryl/α,β-unsaturated/α-hetero) is 1. The second-order valence-corrected chi connectivity index (χ2v) is 9.47. The zero-order valence-corrected chi connectivity index (χ0v) is 19.3. The van der Waals surface area contributed by atoms with Crippen LogP contribution >= 0.6 is 15.9 Å². The van der Waals surface area contributed by atoms with Crippen molar-refractivity contribution in [3.63, 3.8) is 0 Å². The molecule has 2 aromatic carbocycles. The van der Waals surface area contributed by atoms with Gasteiger partial charge in [0.05, 0.1) is 5.92 Å². The third kappa shape index (κ3) is 4.31. The number of hydrogen-bond donors (Lipinski definition) is 1. The maximum atomic E-state index is 13.1. The number of esters is 1. The molecule has 31 heavy (non-hydrogen) atoms. The first-order valence-corrected chi connectivity index (χ1v) is 11.5. The number of benzene rings is 2. The Morgan fingerprint density at radius 1 is 0.968 bits per heavy atom. The minimum atomic E-state index is -0.462. The Kier molecular flexibility index (Phi) is 6.28. The maximum absolute atomic E-state index is 13.1. The van der Waals surface area contributed by atoms with Crippen LogP contribution in [0.4, 0.5) is 5.69 Å². The Balaban J connectivity index is 1.41. The van der Waals surface area contributed by atoms with E-state index >= 15 is 0 Å². The van der Waals surface area contributed by atoms with Crippen molar-refractivity contribution in [2.75, 3.05) is 11.9 Å². The molecule has 5 nitrogen and oxygen atoms in total. The molecule has 6 heteroatoms. The zero-order chi connectivity index (χ0) is 22.1. The first-order valence-electron chi connectivity index (χ1n) is 10.7. The summed E-state index contributed by atoms with van der Waals surface area (Å²) in [6.07, 6.45) is 2.79. The monoisotopic (exact) mass is 483 g/mol. The number of amides is 1. The SMILES string of the molecule is Cc1c(Br)ccc(NC(=O)COC(=O)[C@@H]2[C@H]3CC[C@@H](C3)[C@@H]2C(=O)c2ccccc2)c1C. The van der Waals surface area contributed by atoms with Gasteiger partial charge in [0.25, 0.3) is 5.91 Å². The number of carbonyl (C=O) groups excluding carboxylic acids is 3. The van der Waals surface area contributed by atoms with Crippen LogP contribution in [0, 0.1) is 37.5 Å². The first-order chi connectivity index (χ1) is 14.9. The van der Waals surface area contributed by atoms with Crippen LogP contribution in [0.2, 0.25) is 0 Å². The summed E-state index contributed by atoms with van der Waals surface area (Å²) >= 11 is 3.47. The van der Waals surface area contributed by atoms with Crippen molar-refractivity contribution in [2.24, 2.45) is 23.7 Å². The molecule has 0 aliphatic heterocycles. The molecular weight excluding hydrogens is 458 g/mol. The molecule has 2 fully saturated rings. The minimum Gasteiger partial charge on any atom is -0.455 e. The van der Waals surface area contributed by atoms with Gasteiger partial charge in [0.15, 0.2) is 12.4 Å². The minimum absolute atomic E-state index is 0.0140. The van der Waals surface area contributed by atoms with Gasteiger partial charge in [-0.15, -0.1) is 0 Å². The Morgan fingerprint density at radius 3 is 2.35 bits per heavy atom. The first kappa shape index (κ1) is 21.8. The number of anilines is 1. The molecular formula is C25H26BrNO4. The highest BCUT2D eigenvalue weighted by Gasteiger charge is 2.54. The number of hydrogen-bond acceptors (Lipinski definition) is 4. The highest BCUT2D eigenvalue weighted by atomic mass is 79.9. The topological polar surface area (TPSA) is 72.5 Å². The van der Waals surface area contributed by atoms with Crippen LogP contribution < -0.4 is 5.32 Å². The van der Waals surface area contributed by atoms with E-state index in [0.717, 1.165) is 34.9 Å². The van der Waals surface area contributed by atoms with Crippen LogP contribution in [-0.4, -0.2) is 24.3 Å². The number of ketones is 1. The number of rotatable bonds is 6. The van der Waals surface area contributed by atoms with Gasteiger partial charge in [-0.05, 0) is 68.2 Å². The van der Waals surface area contributed by atoms with Crippen LogP contribution in [0.15, 0.2) is 46.9 Å². The Labute approximate surface area is 190 Å². The molecule has 0 heterocycles. The summed E-state index contributed by atoms with van der Waals surface area (Å²) < 4.78 is 6.38. The molecule has 2 aromatic rings. The van der Waals surface area contributed by atoms with Crippen molar-refractivity contribution in [3.8, 4) is 0 Å². The largest absolute Gasteiger partial charge is 0.455 e. The molecule has 0 spiro atoms. The van der Waals surface area contributed by atoms with Gasteiger partial charge in [-0.3, -0.25) is 14.4 Å². The number of carbonyl (C=O) groups is 3. The fraction of sp³-hybridized carbons (Fsp3) is 0.400. The average Bonchev–Trinajstić information content (AvgIpc) is 3.40. The molecule has 2 bridgehead atoms. The number of fused-ring (bicyclic) bond motifs is 2. The molecule has 2 aliphatic carbocycles. The van der Waals surface area contributed by atoms with Crippen molar-refractivity contribution < 1.29 is 19.1 Å². The van der Waals surface area contributed by atoms with Crippen molar-refractivity contribution in [3.05, 3.63) is 63.6 Å². The predicted octanol–water partition coefficient (Wildman–Crippen LogP) is 5.09. The third-order valence-electron chi connectivity index (χ3n) is 6.89. The Bertz CT molecular complexity index is 1020. The lowest BCUT2D eigenvalue weighted by atomic mass is 9.75. The molecule has 0 saturated heterocycles. The number of nitrogens with one attached hydrogen (secondary N) is 1. The van der Waals surface area contributed by atoms with Gasteiger partial charge >= 0.3 is 5.97 Å². The Morgan fingerprint density at radius 2 is 1.65 bits per heavy atom. The fourth-order valence-electron chi connectivity index (χ4n) is 5.14. The van der Waals surface area contributed by atoms with Crippen molar-refractivity contribution >= 4 is 39.3 Å².